The number of rotatable bonds is 5. The zero-order chi connectivity index (χ0) is 17.6. The zero-order valence-electron chi connectivity index (χ0n) is 15.8. The third-order valence-electron chi connectivity index (χ3n) is 5.77. The molecule has 2 saturated heterocycles. The molecule has 0 aromatic carbocycles. The monoisotopic (exact) mass is 347 g/mol. The summed E-state index contributed by atoms with van der Waals surface area (Å²) in [6, 6.07) is 0.521. The van der Waals surface area contributed by atoms with Gasteiger partial charge in [0.15, 0.2) is 0 Å². The fourth-order valence-electron chi connectivity index (χ4n) is 4.09. The van der Waals surface area contributed by atoms with Crippen LogP contribution in [0.15, 0.2) is 6.20 Å². The van der Waals surface area contributed by atoms with Crippen molar-refractivity contribution >= 4 is 11.6 Å². The number of aryl methyl sites for hydroxylation is 1. The lowest BCUT2D eigenvalue weighted by Gasteiger charge is -2.38. The molecule has 0 radical (unpaired) electrons. The van der Waals surface area contributed by atoms with Crippen molar-refractivity contribution in [3.63, 3.8) is 0 Å². The minimum absolute atomic E-state index is 0.0823. The summed E-state index contributed by atoms with van der Waals surface area (Å²) < 4.78 is 1.79. The molecule has 1 aromatic rings. The second kappa shape index (κ2) is 8.81. The van der Waals surface area contributed by atoms with Gasteiger partial charge in [-0.3, -0.25) is 14.4 Å². The van der Waals surface area contributed by atoms with Crippen LogP contribution in [0.2, 0.25) is 0 Å². The van der Waals surface area contributed by atoms with Crippen LogP contribution in [0.3, 0.4) is 0 Å². The number of carbonyl (C=O) groups excluding carboxylic acids is 1. The van der Waals surface area contributed by atoms with Crippen LogP contribution in [0.25, 0.3) is 0 Å². The van der Waals surface area contributed by atoms with Crippen molar-refractivity contribution in [1.82, 2.24) is 19.6 Å². The molecule has 2 aliphatic rings. The van der Waals surface area contributed by atoms with E-state index in [1.165, 1.54) is 58.0 Å². The van der Waals surface area contributed by atoms with E-state index in [9.17, 15) is 4.79 Å². The SMILES string of the molecule is Cc1c(NC(=O)CN2CCCC[C@H]2CN2CCCCCC2)cnn1C. The number of nitrogens with one attached hydrogen (secondary N) is 1. The number of amides is 1. The Morgan fingerprint density at radius 1 is 1.16 bits per heavy atom. The van der Waals surface area contributed by atoms with E-state index in [0.29, 0.717) is 12.6 Å². The van der Waals surface area contributed by atoms with Gasteiger partial charge in [-0.1, -0.05) is 19.3 Å². The van der Waals surface area contributed by atoms with Gasteiger partial charge in [-0.05, 0) is 52.2 Å². The molecular formula is C19H33N5O. The second-order valence-corrected chi connectivity index (χ2v) is 7.65. The predicted molar refractivity (Wildman–Crippen MR) is 101 cm³/mol. The van der Waals surface area contributed by atoms with E-state index in [1.807, 2.05) is 14.0 Å². The molecular weight excluding hydrogens is 314 g/mol. The van der Waals surface area contributed by atoms with Crippen molar-refractivity contribution in [2.45, 2.75) is 57.9 Å². The number of nitrogens with zero attached hydrogens (tertiary/aromatic N) is 4. The molecule has 2 fully saturated rings. The van der Waals surface area contributed by atoms with Gasteiger partial charge in [0.25, 0.3) is 0 Å². The van der Waals surface area contributed by atoms with Crippen LogP contribution in [-0.2, 0) is 11.8 Å². The first-order valence-electron chi connectivity index (χ1n) is 9.88. The molecule has 140 valence electrons. The van der Waals surface area contributed by atoms with E-state index >= 15 is 0 Å². The van der Waals surface area contributed by atoms with Crippen molar-refractivity contribution in [2.75, 3.05) is 38.0 Å². The van der Waals surface area contributed by atoms with Crippen LogP contribution in [-0.4, -0.2) is 64.3 Å². The Hall–Kier alpha value is -1.40. The van der Waals surface area contributed by atoms with Crippen molar-refractivity contribution in [3.05, 3.63) is 11.9 Å². The quantitative estimate of drug-likeness (QED) is 0.889. The molecule has 0 aliphatic carbocycles. The number of hydrogen-bond acceptors (Lipinski definition) is 4. The molecule has 6 heteroatoms. The molecule has 0 bridgehead atoms. The van der Waals surface area contributed by atoms with E-state index in [1.54, 1.807) is 10.9 Å². The normalized spacial score (nSPS) is 23.4. The smallest absolute Gasteiger partial charge is 0.238 e. The summed E-state index contributed by atoms with van der Waals surface area (Å²) in [6.45, 7) is 7.09. The maximum Gasteiger partial charge on any atom is 0.238 e. The Kier molecular flexibility index (Phi) is 6.48. The largest absolute Gasteiger partial charge is 0.322 e. The lowest BCUT2D eigenvalue weighted by molar-refractivity contribution is -0.118. The Balaban J connectivity index is 1.54. The fourth-order valence-corrected chi connectivity index (χ4v) is 4.09. The Morgan fingerprint density at radius 3 is 2.56 bits per heavy atom. The van der Waals surface area contributed by atoms with Gasteiger partial charge in [0.05, 0.1) is 24.1 Å². The predicted octanol–water partition coefficient (Wildman–Crippen LogP) is 2.40. The highest BCUT2D eigenvalue weighted by Crippen LogP contribution is 2.20. The Bertz CT molecular complexity index is 562. The van der Waals surface area contributed by atoms with Crippen LogP contribution < -0.4 is 5.32 Å². The zero-order valence-corrected chi connectivity index (χ0v) is 15.8. The molecule has 0 spiro atoms. The number of carbonyl (C=O) groups is 1. The van der Waals surface area contributed by atoms with Crippen LogP contribution in [0.1, 0.15) is 50.6 Å². The Labute approximate surface area is 151 Å². The van der Waals surface area contributed by atoms with Crippen molar-refractivity contribution in [1.29, 1.82) is 0 Å². The lowest BCUT2D eigenvalue weighted by atomic mass is 10.0. The minimum atomic E-state index is 0.0823. The van der Waals surface area contributed by atoms with E-state index in [0.717, 1.165) is 24.5 Å². The summed E-state index contributed by atoms with van der Waals surface area (Å²) >= 11 is 0. The molecule has 3 heterocycles. The summed E-state index contributed by atoms with van der Waals surface area (Å²) in [5.41, 5.74) is 1.82. The highest BCUT2D eigenvalue weighted by molar-refractivity contribution is 5.92. The van der Waals surface area contributed by atoms with Gasteiger partial charge in [0, 0.05) is 19.6 Å². The average molecular weight is 348 g/mol. The van der Waals surface area contributed by atoms with Crippen LogP contribution in [0, 0.1) is 6.92 Å². The molecule has 6 nitrogen and oxygen atoms in total. The maximum absolute atomic E-state index is 12.5. The Morgan fingerprint density at radius 2 is 1.88 bits per heavy atom. The van der Waals surface area contributed by atoms with Gasteiger partial charge in [-0.25, -0.2) is 0 Å². The van der Waals surface area contributed by atoms with Gasteiger partial charge in [-0.15, -0.1) is 0 Å². The van der Waals surface area contributed by atoms with Gasteiger partial charge in [0.2, 0.25) is 5.91 Å². The van der Waals surface area contributed by atoms with Crippen molar-refractivity contribution in [3.8, 4) is 0 Å². The lowest BCUT2D eigenvalue weighted by Crippen LogP contribution is -2.49. The standard InChI is InChI=1S/C19H33N5O/c1-16-18(13-20-22(16)2)21-19(25)15-24-12-8-5-9-17(24)14-23-10-6-3-4-7-11-23/h13,17H,3-12,14-15H2,1-2H3,(H,21,25)/t17-/m0/s1. The number of aromatic nitrogens is 2. The molecule has 0 saturated carbocycles. The van der Waals surface area contributed by atoms with Crippen molar-refractivity contribution < 1.29 is 4.79 Å². The molecule has 25 heavy (non-hydrogen) atoms. The van der Waals surface area contributed by atoms with Crippen LogP contribution in [0.5, 0.6) is 0 Å². The summed E-state index contributed by atoms with van der Waals surface area (Å²) in [7, 11) is 1.90. The highest BCUT2D eigenvalue weighted by Gasteiger charge is 2.26. The van der Waals surface area contributed by atoms with Crippen LogP contribution >= 0.6 is 0 Å². The van der Waals surface area contributed by atoms with Gasteiger partial charge in [0.1, 0.15) is 0 Å². The minimum Gasteiger partial charge on any atom is -0.322 e. The fraction of sp³-hybridized carbons (Fsp3) is 0.789. The summed E-state index contributed by atoms with van der Waals surface area (Å²) in [5, 5.41) is 7.23. The van der Waals surface area contributed by atoms with E-state index in [4.69, 9.17) is 0 Å². The number of anilines is 1. The summed E-state index contributed by atoms with van der Waals surface area (Å²) in [5.74, 6) is 0.0823. The third kappa shape index (κ3) is 5.05. The van der Waals surface area contributed by atoms with E-state index < -0.39 is 0 Å². The first-order chi connectivity index (χ1) is 12.1. The summed E-state index contributed by atoms with van der Waals surface area (Å²) in [6.07, 6.45) is 10.8. The molecule has 1 amide bonds. The topological polar surface area (TPSA) is 53.4 Å². The number of hydrogen-bond donors (Lipinski definition) is 1. The van der Waals surface area contributed by atoms with Gasteiger partial charge >= 0.3 is 0 Å². The van der Waals surface area contributed by atoms with E-state index in [-0.39, 0.29) is 5.91 Å². The highest BCUT2D eigenvalue weighted by atomic mass is 16.2. The molecule has 3 rings (SSSR count). The first kappa shape index (κ1) is 18.4. The second-order valence-electron chi connectivity index (χ2n) is 7.65. The number of piperidine rings is 1. The van der Waals surface area contributed by atoms with Gasteiger partial charge in [-0.2, -0.15) is 5.10 Å². The molecule has 1 atom stereocenters. The van der Waals surface area contributed by atoms with Crippen LogP contribution in [0.4, 0.5) is 5.69 Å². The van der Waals surface area contributed by atoms with E-state index in [2.05, 4.69) is 20.2 Å². The first-order valence-corrected chi connectivity index (χ1v) is 9.88. The number of likely N-dealkylation sites (tertiary alicyclic amines) is 2. The molecule has 2 aliphatic heterocycles. The van der Waals surface area contributed by atoms with Crippen molar-refractivity contribution in [2.24, 2.45) is 7.05 Å². The molecule has 1 aromatic heterocycles. The third-order valence-corrected chi connectivity index (χ3v) is 5.77. The van der Waals surface area contributed by atoms with Gasteiger partial charge < -0.3 is 10.2 Å². The molecule has 1 N–H and O–H groups in total. The summed E-state index contributed by atoms with van der Waals surface area (Å²) in [4.78, 5) is 17.6. The molecule has 0 unspecified atom stereocenters. The maximum atomic E-state index is 12.5. The average Bonchev–Trinajstić information content (AvgIpc) is 2.81.